The fourth-order valence-corrected chi connectivity index (χ4v) is 1.96. The van der Waals surface area contributed by atoms with Gasteiger partial charge in [-0.2, -0.15) is 5.10 Å². The number of fused-ring (bicyclic) bond motifs is 1. The molecule has 0 atom stereocenters. The minimum atomic E-state index is -0.420. The number of H-pyrrole nitrogens is 1. The zero-order valence-corrected chi connectivity index (χ0v) is 9.74. The lowest BCUT2D eigenvalue weighted by Crippen LogP contribution is -1.94. The molecular formula is C13H11FN4. The lowest BCUT2D eigenvalue weighted by molar-refractivity contribution is 0.633. The Labute approximate surface area is 103 Å². The zero-order valence-electron chi connectivity index (χ0n) is 9.74. The topological polar surface area (TPSA) is 67.6 Å². The molecule has 4 nitrogen and oxygen atoms in total. The fourth-order valence-electron chi connectivity index (χ4n) is 1.96. The number of aromatic amines is 1. The van der Waals surface area contributed by atoms with Gasteiger partial charge in [-0.05, 0) is 19.1 Å². The first-order valence-corrected chi connectivity index (χ1v) is 5.52. The molecule has 0 amide bonds. The minimum Gasteiger partial charge on any atom is -0.396 e. The van der Waals surface area contributed by atoms with Crippen LogP contribution < -0.4 is 5.73 Å². The summed E-state index contributed by atoms with van der Waals surface area (Å²) in [5.41, 5.74) is 8.88. The van der Waals surface area contributed by atoms with E-state index < -0.39 is 5.82 Å². The van der Waals surface area contributed by atoms with Gasteiger partial charge in [0.1, 0.15) is 5.82 Å². The highest BCUT2D eigenvalue weighted by atomic mass is 19.1. The van der Waals surface area contributed by atoms with E-state index in [1.165, 1.54) is 6.07 Å². The number of halogens is 1. The van der Waals surface area contributed by atoms with Crippen molar-refractivity contribution in [2.45, 2.75) is 6.92 Å². The van der Waals surface area contributed by atoms with E-state index >= 15 is 0 Å². The first-order valence-electron chi connectivity index (χ1n) is 5.52. The molecule has 0 bridgehead atoms. The maximum absolute atomic E-state index is 13.4. The third-order valence-corrected chi connectivity index (χ3v) is 2.96. The third kappa shape index (κ3) is 1.52. The van der Waals surface area contributed by atoms with E-state index in [1.54, 1.807) is 18.3 Å². The Balaban J connectivity index is 2.25. The summed E-state index contributed by atoms with van der Waals surface area (Å²) < 4.78 is 13.4. The second-order valence-corrected chi connectivity index (χ2v) is 4.14. The average Bonchev–Trinajstić information content (AvgIpc) is 2.74. The molecule has 3 rings (SSSR count). The van der Waals surface area contributed by atoms with Crippen LogP contribution in [0.5, 0.6) is 0 Å². The molecule has 2 aromatic heterocycles. The number of nitrogen functional groups attached to an aromatic ring is 1. The van der Waals surface area contributed by atoms with Gasteiger partial charge in [-0.3, -0.25) is 5.10 Å². The number of hydrogen-bond donors (Lipinski definition) is 2. The van der Waals surface area contributed by atoms with E-state index in [4.69, 9.17) is 5.73 Å². The van der Waals surface area contributed by atoms with Crippen molar-refractivity contribution in [3.63, 3.8) is 0 Å². The summed E-state index contributed by atoms with van der Waals surface area (Å²) in [5, 5.41) is 7.83. The maximum atomic E-state index is 13.4. The monoisotopic (exact) mass is 242 g/mol. The molecule has 5 heteroatoms. The van der Waals surface area contributed by atoms with Crippen LogP contribution in [0, 0.1) is 12.7 Å². The van der Waals surface area contributed by atoms with Crippen molar-refractivity contribution in [1.82, 2.24) is 15.2 Å². The van der Waals surface area contributed by atoms with Crippen LogP contribution in [-0.2, 0) is 0 Å². The number of rotatable bonds is 1. The Morgan fingerprint density at radius 1 is 1.33 bits per heavy atom. The number of pyridine rings is 1. The fraction of sp³-hybridized carbons (Fsp3) is 0.0769. The van der Waals surface area contributed by atoms with Gasteiger partial charge in [0.2, 0.25) is 0 Å². The Morgan fingerprint density at radius 2 is 2.17 bits per heavy atom. The summed E-state index contributed by atoms with van der Waals surface area (Å²) >= 11 is 0. The number of nitrogens with zero attached hydrogens (tertiary/aromatic N) is 2. The van der Waals surface area contributed by atoms with Gasteiger partial charge in [-0.1, -0.05) is 12.1 Å². The summed E-state index contributed by atoms with van der Waals surface area (Å²) in [7, 11) is 0. The molecule has 0 radical (unpaired) electrons. The van der Waals surface area contributed by atoms with Gasteiger partial charge in [0.05, 0.1) is 5.69 Å². The van der Waals surface area contributed by atoms with Crippen LogP contribution in [0.3, 0.4) is 0 Å². The molecule has 0 aliphatic heterocycles. The number of aromatic nitrogens is 3. The van der Waals surface area contributed by atoms with Crippen molar-refractivity contribution in [2.24, 2.45) is 0 Å². The first kappa shape index (κ1) is 10.7. The molecule has 0 saturated heterocycles. The molecule has 0 fully saturated rings. The van der Waals surface area contributed by atoms with Crippen LogP contribution in [0.4, 0.5) is 10.1 Å². The molecular weight excluding hydrogens is 231 g/mol. The Morgan fingerprint density at radius 3 is 3.00 bits per heavy atom. The minimum absolute atomic E-state index is 0.139. The quantitative estimate of drug-likeness (QED) is 0.644. The lowest BCUT2D eigenvalue weighted by Gasteiger charge is -2.06. The van der Waals surface area contributed by atoms with Crippen molar-refractivity contribution in [3.05, 3.63) is 42.0 Å². The molecule has 90 valence electrons. The lowest BCUT2D eigenvalue weighted by atomic mass is 10.0. The van der Waals surface area contributed by atoms with Gasteiger partial charge in [-0.25, -0.2) is 9.37 Å². The largest absolute Gasteiger partial charge is 0.396 e. The van der Waals surface area contributed by atoms with Crippen LogP contribution >= 0.6 is 0 Å². The summed E-state index contributed by atoms with van der Waals surface area (Å²) in [6.07, 6.45) is 1.65. The highest BCUT2D eigenvalue weighted by Gasteiger charge is 2.09. The summed E-state index contributed by atoms with van der Waals surface area (Å²) in [4.78, 5) is 4.23. The number of benzene rings is 1. The van der Waals surface area contributed by atoms with Crippen LogP contribution in [0.1, 0.15) is 5.69 Å². The second kappa shape index (κ2) is 3.80. The molecule has 3 aromatic rings. The molecule has 0 unspecified atom stereocenters. The second-order valence-electron chi connectivity index (χ2n) is 4.14. The molecule has 0 aliphatic rings. The predicted octanol–water partition coefficient (Wildman–Crippen LogP) is 2.65. The number of hydrogen-bond acceptors (Lipinski definition) is 3. The van der Waals surface area contributed by atoms with Gasteiger partial charge < -0.3 is 5.73 Å². The van der Waals surface area contributed by atoms with E-state index in [1.807, 2.05) is 13.0 Å². The number of para-hydroxylation sites is 1. The normalized spacial score (nSPS) is 11.0. The van der Waals surface area contributed by atoms with Gasteiger partial charge in [0.25, 0.3) is 0 Å². The van der Waals surface area contributed by atoms with Crippen molar-refractivity contribution in [3.8, 4) is 11.1 Å². The predicted molar refractivity (Wildman–Crippen MR) is 68.4 cm³/mol. The van der Waals surface area contributed by atoms with Gasteiger partial charge >= 0.3 is 0 Å². The van der Waals surface area contributed by atoms with E-state index in [0.717, 1.165) is 16.6 Å². The van der Waals surface area contributed by atoms with Gasteiger partial charge in [0.15, 0.2) is 5.65 Å². The van der Waals surface area contributed by atoms with Crippen LogP contribution in [0.15, 0.2) is 30.5 Å². The number of anilines is 1. The van der Waals surface area contributed by atoms with Crippen molar-refractivity contribution in [2.75, 3.05) is 5.73 Å². The van der Waals surface area contributed by atoms with E-state index in [9.17, 15) is 4.39 Å². The van der Waals surface area contributed by atoms with Crippen molar-refractivity contribution < 1.29 is 4.39 Å². The van der Waals surface area contributed by atoms with Crippen LogP contribution in [0.25, 0.3) is 22.2 Å². The highest BCUT2D eigenvalue weighted by Crippen LogP contribution is 2.29. The molecule has 0 saturated carbocycles. The molecule has 3 N–H and O–H groups in total. The van der Waals surface area contributed by atoms with Gasteiger partial charge in [-0.15, -0.1) is 0 Å². The smallest absolute Gasteiger partial charge is 0.181 e. The Bertz CT molecular complexity index is 733. The van der Waals surface area contributed by atoms with Gasteiger partial charge in [0, 0.05) is 28.4 Å². The summed E-state index contributed by atoms with van der Waals surface area (Å²) in [6.45, 7) is 1.91. The van der Waals surface area contributed by atoms with Crippen LogP contribution in [-0.4, -0.2) is 15.2 Å². The summed E-state index contributed by atoms with van der Waals surface area (Å²) in [5.74, 6) is -0.420. The number of nitrogens with one attached hydrogen (secondary N) is 1. The van der Waals surface area contributed by atoms with Crippen molar-refractivity contribution >= 4 is 16.7 Å². The van der Waals surface area contributed by atoms with E-state index in [2.05, 4.69) is 15.2 Å². The number of aryl methyl sites for hydroxylation is 1. The Kier molecular flexibility index (Phi) is 2.26. The highest BCUT2D eigenvalue weighted by molar-refractivity contribution is 5.86. The molecule has 1 aromatic carbocycles. The Hall–Kier alpha value is -2.43. The third-order valence-electron chi connectivity index (χ3n) is 2.96. The van der Waals surface area contributed by atoms with E-state index in [0.29, 0.717) is 11.2 Å². The zero-order chi connectivity index (χ0) is 12.7. The number of nitrogens with two attached hydrogens (primary N) is 1. The standard InChI is InChI=1S/C13H11FN4/c1-7-10-5-8(6-16-13(10)18-17-7)9-3-2-4-11(14)12(9)15/h2-6H,15H2,1H3,(H,16,17,18). The molecule has 0 aliphatic carbocycles. The summed E-state index contributed by atoms with van der Waals surface area (Å²) in [6, 6.07) is 6.66. The maximum Gasteiger partial charge on any atom is 0.181 e. The molecule has 2 heterocycles. The molecule has 18 heavy (non-hydrogen) atoms. The average molecular weight is 242 g/mol. The van der Waals surface area contributed by atoms with Crippen molar-refractivity contribution in [1.29, 1.82) is 0 Å². The molecule has 0 spiro atoms. The van der Waals surface area contributed by atoms with E-state index in [-0.39, 0.29) is 5.69 Å². The SMILES string of the molecule is Cc1[nH]nc2ncc(-c3cccc(F)c3N)cc12. The van der Waals surface area contributed by atoms with Crippen LogP contribution in [0.2, 0.25) is 0 Å². The first-order chi connectivity index (χ1) is 8.66.